The third kappa shape index (κ3) is 3.81. The van der Waals surface area contributed by atoms with E-state index in [1.54, 1.807) is 19.2 Å². The zero-order chi connectivity index (χ0) is 16.9. The molecule has 1 heterocycles. The fraction of sp³-hybridized carbons (Fsp3) is 0.211. The summed E-state index contributed by atoms with van der Waals surface area (Å²) in [5.41, 5.74) is 2.40. The van der Waals surface area contributed by atoms with Crippen molar-refractivity contribution in [1.82, 2.24) is 10.3 Å². The van der Waals surface area contributed by atoms with Crippen molar-refractivity contribution in [1.29, 1.82) is 0 Å². The number of methoxy groups -OCH3 is 1. The number of hydrogen-bond donors (Lipinski definition) is 2. The van der Waals surface area contributed by atoms with Gasteiger partial charge in [0.15, 0.2) is 0 Å². The Labute approximate surface area is 139 Å². The summed E-state index contributed by atoms with van der Waals surface area (Å²) in [6, 6.07) is 13.9. The zero-order valence-electron chi connectivity index (χ0n) is 13.4. The maximum Gasteiger partial charge on any atom is 0.252 e. The summed E-state index contributed by atoms with van der Waals surface area (Å²) < 4.78 is 18.0. The van der Waals surface area contributed by atoms with Crippen molar-refractivity contribution in [2.45, 2.75) is 13.0 Å². The lowest BCUT2D eigenvalue weighted by molar-refractivity contribution is 0.415. The summed E-state index contributed by atoms with van der Waals surface area (Å²) in [6.45, 7) is 1.20. The van der Waals surface area contributed by atoms with Gasteiger partial charge in [-0.3, -0.25) is 4.79 Å². The minimum absolute atomic E-state index is 0.106. The van der Waals surface area contributed by atoms with E-state index in [2.05, 4.69) is 10.3 Å². The lowest BCUT2D eigenvalue weighted by atomic mass is 10.1. The monoisotopic (exact) mass is 326 g/mol. The molecular weight excluding hydrogens is 307 g/mol. The van der Waals surface area contributed by atoms with E-state index in [4.69, 9.17) is 4.74 Å². The molecule has 4 nitrogen and oxygen atoms in total. The molecule has 5 heteroatoms. The van der Waals surface area contributed by atoms with E-state index in [9.17, 15) is 9.18 Å². The Morgan fingerprint density at radius 1 is 1.12 bits per heavy atom. The molecule has 0 bridgehead atoms. The Bertz CT molecular complexity index is 888. The molecule has 0 fully saturated rings. The van der Waals surface area contributed by atoms with Gasteiger partial charge in [-0.25, -0.2) is 4.39 Å². The third-order valence-electron chi connectivity index (χ3n) is 3.95. The number of aromatic nitrogens is 1. The molecule has 0 saturated carbocycles. The van der Waals surface area contributed by atoms with Crippen LogP contribution in [0.5, 0.6) is 5.75 Å². The predicted octanol–water partition coefficient (Wildman–Crippen LogP) is 3.01. The van der Waals surface area contributed by atoms with Gasteiger partial charge < -0.3 is 15.0 Å². The summed E-state index contributed by atoms with van der Waals surface area (Å²) in [5.74, 6) is 0.481. The first-order valence-electron chi connectivity index (χ1n) is 7.81. The van der Waals surface area contributed by atoms with E-state index in [0.29, 0.717) is 24.4 Å². The second-order valence-electron chi connectivity index (χ2n) is 5.63. The summed E-state index contributed by atoms with van der Waals surface area (Å²) in [6.07, 6.45) is 0.781. The molecule has 0 radical (unpaired) electrons. The van der Waals surface area contributed by atoms with Gasteiger partial charge in [0, 0.05) is 18.2 Å². The standard InChI is InChI=1S/C19H19FN2O2/c1-24-17-7-4-14-10-15(19(23)22-18(14)11-17)12-21-9-8-13-2-5-16(20)6-3-13/h2-7,10-11,21H,8-9,12H2,1H3,(H,22,23). The molecular formula is C19H19FN2O2. The average Bonchev–Trinajstić information content (AvgIpc) is 2.60. The van der Waals surface area contributed by atoms with Crippen LogP contribution in [0.4, 0.5) is 4.39 Å². The van der Waals surface area contributed by atoms with Crippen LogP contribution in [0.1, 0.15) is 11.1 Å². The highest BCUT2D eigenvalue weighted by Crippen LogP contribution is 2.18. The number of benzene rings is 2. The molecule has 0 amide bonds. The van der Waals surface area contributed by atoms with Gasteiger partial charge in [0.1, 0.15) is 11.6 Å². The summed E-state index contributed by atoms with van der Waals surface area (Å²) >= 11 is 0. The Kier molecular flexibility index (Phi) is 4.91. The zero-order valence-corrected chi connectivity index (χ0v) is 13.4. The first-order chi connectivity index (χ1) is 11.7. The highest BCUT2D eigenvalue weighted by molar-refractivity contribution is 5.80. The number of pyridine rings is 1. The number of aromatic amines is 1. The van der Waals surface area contributed by atoms with Crippen LogP contribution < -0.4 is 15.6 Å². The Balaban J connectivity index is 1.63. The molecule has 124 valence electrons. The van der Waals surface area contributed by atoms with Gasteiger partial charge in [-0.15, -0.1) is 0 Å². The molecule has 2 aromatic carbocycles. The number of ether oxygens (including phenoxy) is 1. The topological polar surface area (TPSA) is 54.1 Å². The van der Waals surface area contributed by atoms with Gasteiger partial charge in [-0.2, -0.15) is 0 Å². The van der Waals surface area contributed by atoms with Crippen molar-refractivity contribution in [2.24, 2.45) is 0 Å². The predicted molar refractivity (Wildman–Crippen MR) is 92.9 cm³/mol. The lowest BCUT2D eigenvalue weighted by Gasteiger charge is -2.07. The number of H-pyrrole nitrogens is 1. The van der Waals surface area contributed by atoms with Crippen LogP contribution >= 0.6 is 0 Å². The molecule has 1 aromatic heterocycles. The van der Waals surface area contributed by atoms with Gasteiger partial charge in [0.05, 0.1) is 12.6 Å². The molecule has 3 aromatic rings. The van der Waals surface area contributed by atoms with Gasteiger partial charge in [-0.05, 0) is 54.2 Å². The molecule has 2 N–H and O–H groups in total. The molecule has 0 unspecified atom stereocenters. The van der Waals surface area contributed by atoms with E-state index in [0.717, 1.165) is 22.9 Å². The summed E-state index contributed by atoms with van der Waals surface area (Å²) in [7, 11) is 1.60. The molecule has 0 aliphatic heterocycles. The third-order valence-corrected chi connectivity index (χ3v) is 3.95. The Hall–Kier alpha value is -2.66. The van der Waals surface area contributed by atoms with Crippen molar-refractivity contribution in [3.8, 4) is 5.75 Å². The Morgan fingerprint density at radius 3 is 2.67 bits per heavy atom. The van der Waals surface area contributed by atoms with Crippen LogP contribution in [0.15, 0.2) is 53.3 Å². The summed E-state index contributed by atoms with van der Waals surface area (Å²) in [5, 5.41) is 4.22. The highest BCUT2D eigenvalue weighted by Gasteiger charge is 2.04. The molecule has 3 rings (SSSR count). The van der Waals surface area contributed by atoms with Crippen molar-refractivity contribution in [2.75, 3.05) is 13.7 Å². The lowest BCUT2D eigenvalue weighted by Crippen LogP contribution is -2.22. The van der Waals surface area contributed by atoms with Crippen LogP contribution in [-0.2, 0) is 13.0 Å². The van der Waals surface area contributed by atoms with E-state index in [-0.39, 0.29) is 11.4 Å². The average molecular weight is 326 g/mol. The molecule has 0 spiro atoms. The van der Waals surface area contributed by atoms with Crippen LogP contribution in [0.25, 0.3) is 10.9 Å². The van der Waals surface area contributed by atoms with Gasteiger partial charge >= 0.3 is 0 Å². The fourth-order valence-corrected chi connectivity index (χ4v) is 2.59. The Morgan fingerprint density at radius 2 is 1.92 bits per heavy atom. The van der Waals surface area contributed by atoms with Crippen molar-refractivity contribution in [3.05, 3.63) is 75.8 Å². The molecule has 0 saturated heterocycles. The number of nitrogens with one attached hydrogen (secondary N) is 2. The number of halogens is 1. The largest absolute Gasteiger partial charge is 0.497 e. The number of fused-ring (bicyclic) bond motifs is 1. The van der Waals surface area contributed by atoms with E-state index in [1.165, 1.54) is 12.1 Å². The van der Waals surface area contributed by atoms with Crippen molar-refractivity contribution >= 4 is 10.9 Å². The maximum atomic E-state index is 12.9. The fourth-order valence-electron chi connectivity index (χ4n) is 2.59. The molecule has 0 atom stereocenters. The maximum absolute atomic E-state index is 12.9. The van der Waals surface area contributed by atoms with E-state index < -0.39 is 0 Å². The molecule has 0 aliphatic carbocycles. The van der Waals surface area contributed by atoms with Crippen LogP contribution in [-0.4, -0.2) is 18.6 Å². The minimum Gasteiger partial charge on any atom is -0.497 e. The SMILES string of the molecule is COc1ccc2cc(CNCCc3ccc(F)cc3)c(=O)[nH]c2c1. The second-order valence-corrected chi connectivity index (χ2v) is 5.63. The van der Waals surface area contributed by atoms with Crippen molar-refractivity contribution < 1.29 is 9.13 Å². The van der Waals surface area contributed by atoms with Gasteiger partial charge in [0.25, 0.3) is 5.56 Å². The number of hydrogen-bond acceptors (Lipinski definition) is 3. The van der Waals surface area contributed by atoms with E-state index >= 15 is 0 Å². The second kappa shape index (κ2) is 7.27. The van der Waals surface area contributed by atoms with Crippen molar-refractivity contribution in [3.63, 3.8) is 0 Å². The number of rotatable bonds is 6. The van der Waals surface area contributed by atoms with Gasteiger partial charge in [0.2, 0.25) is 0 Å². The summed E-state index contributed by atoms with van der Waals surface area (Å²) in [4.78, 5) is 15.0. The van der Waals surface area contributed by atoms with Crippen LogP contribution in [0, 0.1) is 5.82 Å². The highest BCUT2D eigenvalue weighted by atomic mass is 19.1. The smallest absolute Gasteiger partial charge is 0.252 e. The normalized spacial score (nSPS) is 10.9. The van der Waals surface area contributed by atoms with Gasteiger partial charge in [-0.1, -0.05) is 12.1 Å². The van der Waals surface area contributed by atoms with Crippen LogP contribution in [0.2, 0.25) is 0 Å². The minimum atomic E-state index is -0.231. The first kappa shape index (κ1) is 16.2. The van der Waals surface area contributed by atoms with E-state index in [1.807, 2.05) is 24.3 Å². The quantitative estimate of drug-likeness (QED) is 0.685. The first-order valence-corrected chi connectivity index (χ1v) is 7.81. The molecule has 0 aliphatic rings. The van der Waals surface area contributed by atoms with Crippen LogP contribution in [0.3, 0.4) is 0 Å². The molecule has 24 heavy (non-hydrogen) atoms.